The molecule has 2 N–H and O–H groups in total. The highest BCUT2D eigenvalue weighted by Crippen LogP contribution is 2.25. The molecule has 8 nitrogen and oxygen atoms in total. The van der Waals surface area contributed by atoms with Gasteiger partial charge in [-0.25, -0.2) is 4.98 Å². The van der Waals surface area contributed by atoms with Gasteiger partial charge in [0.05, 0.1) is 22.6 Å². The number of anilines is 1. The summed E-state index contributed by atoms with van der Waals surface area (Å²) in [5, 5.41) is 3.97. The summed E-state index contributed by atoms with van der Waals surface area (Å²) in [7, 11) is 0. The Kier molecular flexibility index (Phi) is 7.11. The molecule has 0 saturated carbocycles. The van der Waals surface area contributed by atoms with E-state index in [0.29, 0.717) is 54.5 Å². The number of carbonyl (C=O) groups is 2. The molecule has 3 heterocycles. The van der Waals surface area contributed by atoms with Gasteiger partial charge in [0.15, 0.2) is 0 Å². The van der Waals surface area contributed by atoms with Gasteiger partial charge in [-0.2, -0.15) is 0 Å². The van der Waals surface area contributed by atoms with Crippen LogP contribution in [0.5, 0.6) is 0 Å². The van der Waals surface area contributed by atoms with Gasteiger partial charge < -0.3 is 15.2 Å². The number of hydrogen-bond donors (Lipinski definition) is 2. The van der Waals surface area contributed by atoms with E-state index in [1.807, 2.05) is 30.9 Å². The summed E-state index contributed by atoms with van der Waals surface area (Å²) in [5.41, 5.74) is 1.41. The van der Waals surface area contributed by atoms with Crippen molar-refractivity contribution in [3.05, 3.63) is 55.9 Å². The number of aromatic amines is 1. The number of hydrogen-bond acceptors (Lipinski definition) is 6. The second-order valence-corrected chi connectivity index (χ2v) is 9.77. The van der Waals surface area contributed by atoms with E-state index in [-0.39, 0.29) is 30.3 Å². The highest BCUT2D eigenvalue weighted by Gasteiger charge is 2.23. The fourth-order valence-corrected chi connectivity index (χ4v) is 5.14. The fourth-order valence-electron chi connectivity index (χ4n) is 3.91. The molecule has 0 aliphatic carbocycles. The molecule has 10 heteroatoms. The Bertz CT molecular complexity index is 1250. The number of amides is 2. The molecular formula is C23H26ClN5O3S. The van der Waals surface area contributed by atoms with Gasteiger partial charge in [0.25, 0.3) is 5.56 Å². The van der Waals surface area contributed by atoms with Crippen molar-refractivity contribution in [2.75, 3.05) is 38.0 Å². The number of H-pyrrole nitrogens is 1. The van der Waals surface area contributed by atoms with Crippen molar-refractivity contribution in [3.8, 4) is 0 Å². The average Bonchev–Trinajstić information content (AvgIpc) is 3.08. The number of carbonyl (C=O) groups excluding carboxylic acids is 2. The van der Waals surface area contributed by atoms with Gasteiger partial charge in [-0.1, -0.05) is 23.7 Å². The van der Waals surface area contributed by atoms with Crippen LogP contribution in [0.4, 0.5) is 5.69 Å². The lowest BCUT2D eigenvalue weighted by molar-refractivity contribution is -0.133. The van der Waals surface area contributed by atoms with Crippen molar-refractivity contribution in [2.24, 2.45) is 0 Å². The Hall–Kier alpha value is -2.75. The maximum Gasteiger partial charge on any atom is 0.259 e. The van der Waals surface area contributed by atoms with E-state index in [2.05, 4.69) is 15.3 Å². The molecule has 3 aromatic rings. The molecule has 1 aliphatic rings. The second kappa shape index (κ2) is 10.0. The largest absolute Gasteiger partial charge is 0.340 e. The van der Waals surface area contributed by atoms with Gasteiger partial charge in [-0.15, -0.1) is 11.3 Å². The molecule has 0 unspecified atom stereocenters. The minimum Gasteiger partial charge on any atom is -0.340 e. The number of para-hydroxylation sites is 1. The molecular weight excluding hydrogens is 462 g/mol. The number of benzene rings is 1. The zero-order valence-electron chi connectivity index (χ0n) is 18.6. The summed E-state index contributed by atoms with van der Waals surface area (Å²) in [4.78, 5) is 50.4. The van der Waals surface area contributed by atoms with Crippen LogP contribution >= 0.6 is 22.9 Å². The number of halogens is 1. The SMILES string of the molecule is Cc1sc2nc(CCC(=O)N3CCN(CC(=O)Nc4ccccc4Cl)CC3)[nH]c(=O)c2c1C. The van der Waals surface area contributed by atoms with Gasteiger partial charge >= 0.3 is 0 Å². The van der Waals surface area contributed by atoms with Crippen LogP contribution in [-0.4, -0.2) is 64.3 Å². The van der Waals surface area contributed by atoms with Crippen LogP contribution in [0.2, 0.25) is 5.02 Å². The van der Waals surface area contributed by atoms with E-state index in [0.717, 1.165) is 15.3 Å². The van der Waals surface area contributed by atoms with Gasteiger partial charge in [0.1, 0.15) is 10.7 Å². The van der Waals surface area contributed by atoms with Crippen molar-refractivity contribution >= 4 is 50.7 Å². The van der Waals surface area contributed by atoms with Crippen LogP contribution < -0.4 is 10.9 Å². The zero-order valence-corrected chi connectivity index (χ0v) is 20.2. The maximum absolute atomic E-state index is 12.7. The molecule has 0 atom stereocenters. The summed E-state index contributed by atoms with van der Waals surface area (Å²) >= 11 is 7.59. The standard InChI is InChI=1S/C23H26ClN5O3S/c1-14-15(2)33-23-21(14)22(32)26-18(27-23)7-8-20(31)29-11-9-28(10-12-29)13-19(30)25-17-6-4-3-5-16(17)24/h3-6H,7-13H2,1-2H3,(H,25,30)(H,26,27,32). The number of rotatable bonds is 6. The summed E-state index contributed by atoms with van der Waals surface area (Å²) in [6, 6.07) is 7.12. The second-order valence-electron chi connectivity index (χ2n) is 8.16. The first-order valence-corrected chi connectivity index (χ1v) is 12.0. The molecule has 174 valence electrons. The molecule has 2 aromatic heterocycles. The summed E-state index contributed by atoms with van der Waals surface area (Å²) < 4.78 is 0. The zero-order chi connectivity index (χ0) is 23.5. The van der Waals surface area contributed by atoms with Crippen molar-refractivity contribution in [1.29, 1.82) is 0 Å². The van der Waals surface area contributed by atoms with E-state index in [1.54, 1.807) is 17.0 Å². The first-order chi connectivity index (χ1) is 15.8. The Morgan fingerprint density at radius 2 is 1.91 bits per heavy atom. The van der Waals surface area contributed by atoms with Crippen LogP contribution in [0, 0.1) is 13.8 Å². The number of nitrogens with one attached hydrogen (secondary N) is 2. The van der Waals surface area contributed by atoms with E-state index in [9.17, 15) is 14.4 Å². The average molecular weight is 488 g/mol. The van der Waals surface area contributed by atoms with Gasteiger partial charge in [-0.3, -0.25) is 19.3 Å². The molecule has 0 spiro atoms. The van der Waals surface area contributed by atoms with Crippen molar-refractivity contribution in [2.45, 2.75) is 26.7 Å². The van der Waals surface area contributed by atoms with Crippen LogP contribution in [-0.2, 0) is 16.0 Å². The predicted octanol–water partition coefficient (Wildman–Crippen LogP) is 2.97. The Balaban J connectivity index is 1.26. The van der Waals surface area contributed by atoms with Crippen LogP contribution in [0.1, 0.15) is 22.7 Å². The molecule has 1 aliphatic heterocycles. The van der Waals surface area contributed by atoms with Crippen LogP contribution in [0.3, 0.4) is 0 Å². The molecule has 1 saturated heterocycles. The number of thiophene rings is 1. The highest BCUT2D eigenvalue weighted by atomic mass is 35.5. The number of piperazine rings is 1. The van der Waals surface area contributed by atoms with E-state index < -0.39 is 0 Å². The Morgan fingerprint density at radius 3 is 2.64 bits per heavy atom. The molecule has 0 radical (unpaired) electrons. The van der Waals surface area contributed by atoms with E-state index >= 15 is 0 Å². The first-order valence-electron chi connectivity index (χ1n) is 10.8. The van der Waals surface area contributed by atoms with Crippen molar-refractivity contribution in [1.82, 2.24) is 19.8 Å². The lowest BCUT2D eigenvalue weighted by atomic mass is 10.2. The van der Waals surface area contributed by atoms with Crippen molar-refractivity contribution < 1.29 is 9.59 Å². The van der Waals surface area contributed by atoms with E-state index in [4.69, 9.17) is 11.6 Å². The number of fused-ring (bicyclic) bond motifs is 1. The lowest BCUT2D eigenvalue weighted by Gasteiger charge is -2.34. The summed E-state index contributed by atoms with van der Waals surface area (Å²) in [6.45, 7) is 6.51. The number of aromatic nitrogens is 2. The molecule has 2 amide bonds. The minimum atomic E-state index is -0.145. The molecule has 4 rings (SSSR count). The van der Waals surface area contributed by atoms with Gasteiger partial charge in [0.2, 0.25) is 11.8 Å². The monoisotopic (exact) mass is 487 g/mol. The van der Waals surface area contributed by atoms with E-state index in [1.165, 1.54) is 11.3 Å². The number of aryl methyl sites for hydroxylation is 3. The van der Waals surface area contributed by atoms with Crippen molar-refractivity contribution in [3.63, 3.8) is 0 Å². The third-order valence-corrected chi connectivity index (χ3v) is 7.33. The van der Waals surface area contributed by atoms with Gasteiger partial charge in [0, 0.05) is 43.9 Å². The topological polar surface area (TPSA) is 98.4 Å². The maximum atomic E-state index is 12.7. The quantitative estimate of drug-likeness (QED) is 0.557. The van der Waals surface area contributed by atoms with Crippen LogP contribution in [0.25, 0.3) is 10.2 Å². The smallest absolute Gasteiger partial charge is 0.259 e. The lowest BCUT2D eigenvalue weighted by Crippen LogP contribution is -2.50. The molecule has 1 fully saturated rings. The Morgan fingerprint density at radius 1 is 1.18 bits per heavy atom. The molecule has 33 heavy (non-hydrogen) atoms. The molecule has 1 aromatic carbocycles. The normalized spacial score (nSPS) is 14.6. The number of nitrogens with zero attached hydrogens (tertiary/aromatic N) is 3. The molecule has 0 bridgehead atoms. The summed E-state index contributed by atoms with van der Waals surface area (Å²) in [5.74, 6) is 0.431. The third kappa shape index (κ3) is 5.43. The Labute approximate surface area is 200 Å². The minimum absolute atomic E-state index is 0.0245. The fraction of sp³-hybridized carbons (Fsp3) is 0.391. The first kappa shape index (κ1) is 23.4. The third-order valence-electron chi connectivity index (χ3n) is 5.90. The highest BCUT2D eigenvalue weighted by molar-refractivity contribution is 7.18. The summed E-state index contributed by atoms with van der Waals surface area (Å²) in [6.07, 6.45) is 0.672. The predicted molar refractivity (Wildman–Crippen MR) is 131 cm³/mol. The van der Waals surface area contributed by atoms with Crippen LogP contribution in [0.15, 0.2) is 29.1 Å². The van der Waals surface area contributed by atoms with Gasteiger partial charge in [-0.05, 0) is 31.5 Å².